The molecule has 1 aromatic rings. The Hall–Kier alpha value is -1.77. The standard InChI is InChI=1S/C15H19NO2/c1-11(12-7-4-3-5-8-12)16-14-10-6-9-13(14)15(17)18-2/h3-5,7-8,11,16H,6,9-10H2,1-2H3/t11-/m0/s1. The number of nitrogens with one attached hydrogen (secondary N) is 1. The van der Waals surface area contributed by atoms with Gasteiger partial charge in [0.1, 0.15) is 0 Å². The van der Waals surface area contributed by atoms with Crippen LogP contribution in [0.25, 0.3) is 0 Å². The van der Waals surface area contributed by atoms with Crippen molar-refractivity contribution in [1.82, 2.24) is 5.32 Å². The third-order valence-electron chi connectivity index (χ3n) is 3.34. The topological polar surface area (TPSA) is 38.3 Å². The van der Waals surface area contributed by atoms with Crippen molar-refractivity contribution in [2.45, 2.75) is 32.2 Å². The second kappa shape index (κ2) is 5.71. The van der Waals surface area contributed by atoms with Crippen LogP contribution in [0.5, 0.6) is 0 Å². The Morgan fingerprint density at radius 2 is 2.00 bits per heavy atom. The average molecular weight is 245 g/mol. The monoisotopic (exact) mass is 245 g/mol. The Bertz CT molecular complexity index is 451. The summed E-state index contributed by atoms with van der Waals surface area (Å²) in [5.74, 6) is -0.199. The summed E-state index contributed by atoms with van der Waals surface area (Å²) in [5, 5.41) is 3.44. The first kappa shape index (κ1) is 12.7. The van der Waals surface area contributed by atoms with E-state index < -0.39 is 0 Å². The van der Waals surface area contributed by atoms with Gasteiger partial charge in [0.25, 0.3) is 0 Å². The molecule has 3 heteroatoms. The van der Waals surface area contributed by atoms with Gasteiger partial charge in [-0.3, -0.25) is 0 Å². The number of ether oxygens (including phenoxy) is 1. The van der Waals surface area contributed by atoms with Crippen LogP contribution in [0, 0.1) is 0 Å². The molecular weight excluding hydrogens is 226 g/mol. The Labute approximate surface area is 108 Å². The molecule has 1 N–H and O–H groups in total. The highest BCUT2D eigenvalue weighted by molar-refractivity contribution is 5.89. The van der Waals surface area contributed by atoms with Crippen LogP contribution in [0.2, 0.25) is 0 Å². The summed E-state index contributed by atoms with van der Waals surface area (Å²) >= 11 is 0. The minimum absolute atomic E-state index is 0.199. The van der Waals surface area contributed by atoms with Gasteiger partial charge in [0, 0.05) is 11.7 Å². The molecule has 1 aromatic carbocycles. The maximum Gasteiger partial charge on any atom is 0.335 e. The Balaban J connectivity index is 2.11. The molecule has 0 heterocycles. The van der Waals surface area contributed by atoms with E-state index in [1.807, 2.05) is 18.2 Å². The Morgan fingerprint density at radius 3 is 2.67 bits per heavy atom. The van der Waals surface area contributed by atoms with E-state index in [1.165, 1.54) is 12.7 Å². The summed E-state index contributed by atoms with van der Waals surface area (Å²) in [4.78, 5) is 11.6. The highest BCUT2D eigenvalue weighted by Gasteiger charge is 2.22. The highest BCUT2D eigenvalue weighted by Crippen LogP contribution is 2.27. The van der Waals surface area contributed by atoms with Crippen molar-refractivity contribution in [2.24, 2.45) is 0 Å². The van der Waals surface area contributed by atoms with Crippen LogP contribution in [0.1, 0.15) is 37.8 Å². The molecule has 0 spiro atoms. The first-order valence-corrected chi connectivity index (χ1v) is 6.34. The molecule has 0 aromatic heterocycles. The molecule has 96 valence electrons. The lowest BCUT2D eigenvalue weighted by Crippen LogP contribution is -2.20. The molecule has 0 aliphatic heterocycles. The van der Waals surface area contributed by atoms with E-state index in [1.54, 1.807) is 0 Å². The maximum absolute atomic E-state index is 11.6. The summed E-state index contributed by atoms with van der Waals surface area (Å²) in [6.45, 7) is 2.11. The van der Waals surface area contributed by atoms with Crippen LogP contribution in [-0.4, -0.2) is 13.1 Å². The minimum atomic E-state index is -0.199. The fourth-order valence-corrected chi connectivity index (χ4v) is 2.34. The van der Waals surface area contributed by atoms with Crippen molar-refractivity contribution in [1.29, 1.82) is 0 Å². The van der Waals surface area contributed by atoms with Crippen LogP contribution in [-0.2, 0) is 9.53 Å². The number of benzene rings is 1. The van der Waals surface area contributed by atoms with E-state index >= 15 is 0 Å². The first-order valence-electron chi connectivity index (χ1n) is 6.34. The van der Waals surface area contributed by atoms with Gasteiger partial charge in [-0.1, -0.05) is 30.3 Å². The molecule has 0 amide bonds. The van der Waals surface area contributed by atoms with Crippen molar-refractivity contribution in [2.75, 3.05) is 7.11 Å². The zero-order chi connectivity index (χ0) is 13.0. The number of carbonyl (C=O) groups is 1. The highest BCUT2D eigenvalue weighted by atomic mass is 16.5. The van der Waals surface area contributed by atoms with E-state index in [0.29, 0.717) is 0 Å². The number of rotatable bonds is 4. The summed E-state index contributed by atoms with van der Waals surface area (Å²) in [6.07, 6.45) is 2.77. The fraction of sp³-hybridized carbons (Fsp3) is 0.400. The summed E-state index contributed by atoms with van der Waals surface area (Å²) in [7, 11) is 1.44. The molecule has 3 nitrogen and oxygen atoms in total. The van der Waals surface area contributed by atoms with Gasteiger partial charge in [0.05, 0.1) is 12.7 Å². The number of hydrogen-bond acceptors (Lipinski definition) is 3. The first-order chi connectivity index (χ1) is 8.72. The molecule has 0 bridgehead atoms. The Morgan fingerprint density at radius 1 is 1.28 bits per heavy atom. The van der Waals surface area contributed by atoms with Crippen LogP contribution in [0.3, 0.4) is 0 Å². The molecule has 2 rings (SSSR count). The van der Waals surface area contributed by atoms with Gasteiger partial charge in [0.15, 0.2) is 0 Å². The quantitative estimate of drug-likeness (QED) is 0.829. The van der Waals surface area contributed by atoms with Crippen molar-refractivity contribution in [3.8, 4) is 0 Å². The van der Waals surface area contributed by atoms with Crippen LogP contribution < -0.4 is 5.32 Å². The molecule has 0 fully saturated rings. The zero-order valence-corrected chi connectivity index (χ0v) is 10.9. The summed E-state index contributed by atoms with van der Waals surface area (Å²) in [5.41, 5.74) is 3.07. The zero-order valence-electron chi connectivity index (χ0n) is 10.9. The lowest BCUT2D eigenvalue weighted by Gasteiger charge is -2.17. The number of hydrogen-bond donors (Lipinski definition) is 1. The van der Waals surface area contributed by atoms with Crippen molar-refractivity contribution < 1.29 is 9.53 Å². The van der Waals surface area contributed by atoms with Gasteiger partial charge in [-0.25, -0.2) is 4.79 Å². The lowest BCUT2D eigenvalue weighted by atomic mass is 10.1. The van der Waals surface area contributed by atoms with E-state index in [-0.39, 0.29) is 12.0 Å². The largest absolute Gasteiger partial charge is 0.466 e. The fourth-order valence-electron chi connectivity index (χ4n) is 2.34. The minimum Gasteiger partial charge on any atom is -0.466 e. The van der Waals surface area contributed by atoms with Crippen molar-refractivity contribution in [3.05, 3.63) is 47.2 Å². The Kier molecular flexibility index (Phi) is 4.03. The van der Waals surface area contributed by atoms with Crippen LogP contribution >= 0.6 is 0 Å². The SMILES string of the molecule is COC(=O)C1=C(N[C@@H](C)c2ccccc2)CCC1. The van der Waals surface area contributed by atoms with Gasteiger partial charge in [-0.2, -0.15) is 0 Å². The van der Waals surface area contributed by atoms with E-state index in [0.717, 1.165) is 30.5 Å². The van der Waals surface area contributed by atoms with E-state index in [4.69, 9.17) is 4.74 Å². The molecule has 18 heavy (non-hydrogen) atoms. The molecule has 0 saturated heterocycles. The van der Waals surface area contributed by atoms with Gasteiger partial charge >= 0.3 is 5.97 Å². The predicted molar refractivity (Wildman–Crippen MR) is 70.9 cm³/mol. The second-order valence-electron chi connectivity index (χ2n) is 4.58. The molecule has 0 unspecified atom stereocenters. The van der Waals surface area contributed by atoms with Gasteiger partial charge < -0.3 is 10.1 Å². The number of carbonyl (C=O) groups excluding carboxylic acids is 1. The molecular formula is C15H19NO2. The molecule has 1 aliphatic rings. The van der Waals surface area contributed by atoms with Crippen molar-refractivity contribution >= 4 is 5.97 Å². The lowest BCUT2D eigenvalue weighted by molar-refractivity contribution is -0.136. The normalized spacial score (nSPS) is 16.6. The van der Waals surface area contributed by atoms with E-state index in [9.17, 15) is 4.79 Å². The van der Waals surface area contributed by atoms with Crippen LogP contribution in [0.4, 0.5) is 0 Å². The van der Waals surface area contributed by atoms with Gasteiger partial charge in [-0.15, -0.1) is 0 Å². The van der Waals surface area contributed by atoms with Crippen LogP contribution in [0.15, 0.2) is 41.6 Å². The molecule has 1 aliphatic carbocycles. The molecule has 1 atom stereocenters. The predicted octanol–water partition coefficient (Wildman–Crippen LogP) is 2.95. The second-order valence-corrected chi connectivity index (χ2v) is 4.58. The summed E-state index contributed by atoms with van der Waals surface area (Å²) in [6, 6.07) is 10.4. The number of esters is 1. The maximum atomic E-state index is 11.6. The summed E-state index contributed by atoms with van der Waals surface area (Å²) < 4.78 is 4.81. The third kappa shape index (κ3) is 2.73. The van der Waals surface area contributed by atoms with E-state index in [2.05, 4.69) is 24.4 Å². The van der Waals surface area contributed by atoms with Gasteiger partial charge in [0.2, 0.25) is 0 Å². The van der Waals surface area contributed by atoms with Crippen molar-refractivity contribution in [3.63, 3.8) is 0 Å². The molecule has 0 radical (unpaired) electrons. The number of allylic oxidation sites excluding steroid dienone is 1. The smallest absolute Gasteiger partial charge is 0.335 e. The molecule has 0 saturated carbocycles. The number of methoxy groups -OCH3 is 1. The average Bonchev–Trinajstić information content (AvgIpc) is 2.87. The van der Waals surface area contributed by atoms with Gasteiger partial charge in [-0.05, 0) is 31.7 Å². The third-order valence-corrected chi connectivity index (χ3v) is 3.34.